The SMILES string of the molecule is O=C(CN1CCNCC1)N1CCN(Cc2c(F)cccc2Cl)CC1. The second-order valence-corrected chi connectivity index (χ2v) is 6.79. The van der Waals surface area contributed by atoms with Gasteiger partial charge in [-0.15, -0.1) is 0 Å². The lowest BCUT2D eigenvalue weighted by Gasteiger charge is -2.36. The van der Waals surface area contributed by atoms with E-state index < -0.39 is 0 Å². The molecule has 0 spiro atoms. The minimum Gasteiger partial charge on any atom is -0.339 e. The van der Waals surface area contributed by atoms with Gasteiger partial charge in [-0.2, -0.15) is 0 Å². The largest absolute Gasteiger partial charge is 0.339 e. The first-order valence-corrected chi connectivity index (χ1v) is 8.87. The zero-order chi connectivity index (χ0) is 16.9. The molecule has 24 heavy (non-hydrogen) atoms. The van der Waals surface area contributed by atoms with Crippen molar-refractivity contribution in [3.8, 4) is 0 Å². The summed E-state index contributed by atoms with van der Waals surface area (Å²) in [5, 5.41) is 3.76. The number of hydrogen-bond acceptors (Lipinski definition) is 4. The maximum absolute atomic E-state index is 13.9. The number of amides is 1. The monoisotopic (exact) mass is 354 g/mol. The van der Waals surface area contributed by atoms with Crippen molar-refractivity contribution in [1.29, 1.82) is 0 Å². The molecule has 2 saturated heterocycles. The second-order valence-electron chi connectivity index (χ2n) is 6.38. The minimum atomic E-state index is -0.264. The van der Waals surface area contributed by atoms with Gasteiger partial charge in [0.25, 0.3) is 0 Å². The molecule has 0 radical (unpaired) electrons. The summed E-state index contributed by atoms with van der Waals surface area (Å²) in [6, 6.07) is 4.77. The Morgan fingerprint density at radius 3 is 2.46 bits per heavy atom. The number of hydrogen-bond donors (Lipinski definition) is 1. The van der Waals surface area contributed by atoms with Crippen molar-refractivity contribution in [2.45, 2.75) is 6.54 Å². The van der Waals surface area contributed by atoms with Crippen LogP contribution < -0.4 is 5.32 Å². The van der Waals surface area contributed by atoms with E-state index >= 15 is 0 Å². The van der Waals surface area contributed by atoms with Crippen molar-refractivity contribution in [2.75, 3.05) is 58.9 Å². The van der Waals surface area contributed by atoms with Gasteiger partial charge in [-0.3, -0.25) is 14.6 Å². The molecule has 3 rings (SSSR count). The van der Waals surface area contributed by atoms with Crippen LogP contribution in [0.3, 0.4) is 0 Å². The third-order valence-corrected chi connectivity index (χ3v) is 5.09. The Hall–Kier alpha value is -1.21. The summed E-state index contributed by atoms with van der Waals surface area (Å²) in [5.41, 5.74) is 0.541. The zero-order valence-electron chi connectivity index (χ0n) is 13.8. The molecule has 0 saturated carbocycles. The van der Waals surface area contributed by atoms with Gasteiger partial charge in [0.1, 0.15) is 5.82 Å². The Morgan fingerprint density at radius 1 is 1.08 bits per heavy atom. The summed E-state index contributed by atoms with van der Waals surface area (Å²) in [6.45, 7) is 7.62. The van der Waals surface area contributed by atoms with E-state index in [1.165, 1.54) is 6.07 Å². The third-order valence-electron chi connectivity index (χ3n) is 4.74. The lowest BCUT2D eigenvalue weighted by atomic mass is 10.2. The number of benzene rings is 1. The van der Waals surface area contributed by atoms with Crippen molar-refractivity contribution in [1.82, 2.24) is 20.0 Å². The molecule has 2 aliphatic rings. The van der Waals surface area contributed by atoms with Crippen LogP contribution in [-0.2, 0) is 11.3 Å². The highest BCUT2D eigenvalue weighted by Gasteiger charge is 2.24. The van der Waals surface area contributed by atoms with Crippen LogP contribution in [0.15, 0.2) is 18.2 Å². The number of carbonyl (C=O) groups is 1. The topological polar surface area (TPSA) is 38.8 Å². The summed E-state index contributed by atoms with van der Waals surface area (Å²) < 4.78 is 13.9. The average Bonchev–Trinajstić information content (AvgIpc) is 2.60. The zero-order valence-corrected chi connectivity index (χ0v) is 14.6. The van der Waals surface area contributed by atoms with E-state index in [-0.39, 0.29) is 11.7 Å². The number of rotatable bonds is 4. The molecule has 2 fully saturated rings. The fraction of sp³-hybridized carbons (Fsp3) is 0.588. The van der Waals surface area contributed by atoms with Crippen LogP contribution in [0, 0.1) is 5.82 Å². The number of piperazine rings is 2. The molecule has 7 heteroatoms. The molecule has 2 heterocycles. The van der Waals surface area contributed by atoms with E-state index in [0.717, 1.165) is 39.3 Å². The molecule has 1 amide bonds. The fourth-order valence-electron chi connectivity index (χ4n) is 3.22. The summed E-state index contributed by atoms with van der Waals surface area (Å²) >= 11 is 6.09. The molecule has 5 nitrogen and oxygen atoms in total. The molecule has 0 unspecified atom stereocenters. The van der Waals surface area contributed by atoms with Crippen molar-refractivity contribution in [3.05, 3.63) is 34.6 Å². The molecule has 0 aromatic heterocycles. The van der Waals surface area contributed by atoms with Crippen LogP contribution in [0.5, 0.6) is 0 Å². The Bertz CT molecular complexity index is 551. The van der Waals surface area contributed by atoms with E-state index in [2.05, 4.69) is 15.1 Å². The van der Waals surface area contributed by atoms with Gasteiger partial charge in [0.15, 0.2) is 0 Å². The maximum atomic E-state index is 13.9. The Labute approximate surface area is 147 Å². The van der Waals surface area contributed by atoms with Crippen molar-refractivity contribution in [2.24, 2.45) is 0 Å². The van der Waals surface area contributed by atoms with Gasteiger partial charge < -0.3 is 10.2 Å². The lowest BCUT2D eigenvalue weighted by Crippen LogP contribution is -2.53. The fourth-order valence-corrected chi connectivity index (χ4v) is 3.45. The minimum absolute atomic E-state index is 0.195. The predicted octanol–water partition coefficient (Wildman–Crippen LogP) is 1.03. The standard InChI is InChI=1S/C17H24ClFN4O/c18-15-2-1-3-16(19)14(15)12-22-8-10-23(11-9-22)17(24)13-21-6-4-20-5-7-21/h1-3,20H,4-13H2. The summed E-state index contributed by atoms with van der Waals surface area (Å²) in [6.07, 6.45) is 0. The normalized spacial score (nSPS) is 20.3. The first-order chi connectivity index (χ1) is 11.6. The van der Waals surface area contributed by atoms with Crippen LogP contribution in [0.2, 0.25) is 5.02 Å². The first kappa shape index (κ1) is 17.6. The van der Waals surface area contributed by atoms with E-state index in [4.69, 9.17) is 11.6 Å². The molecular weight excluding hydrogens is 331 g/mol. The van der Waals surface area contributed by atoms with Gasteiger partial charge in [0.05, 0.1) is 6.54 Å². The average molecular weight is 355 g/mol. The molecule has 0 bridgehead atoms. The Morgan fingerprint density at radius 2 is 1.79 bits per heavy atom. The van der Waals surface area contributed by atoms with E-state index in [9.17, 15) is 9.18 Å². The molecule has 1 aromatic carbocycles. The number of nitrogens with one attached hydrogen (secondary N) is 1. The van der Waals surface area contributed by atoms with Crippen molar-refractivity contribution >= 4 is 17.5 Å². The van der Waals surface area contributed by atoms with Gasteiger partial charge >= 0.3 is 0 Å². The van der Waals surface area contributed by atoms with Gasteiger partial charge in [-0.1, -0.05) is 17.7 Å². The molecule has 1 aromatic rings. The summed E-state index contributed by atoms with van der Waals surface area (Å²) in [7, 11) is 0. The third kappa shape index (κ3) is 4.45. The first-order valence-electron chi connectivity index (χ1n) is 8.49. The van der Waals surface area contributed by atoms with Gasteiger partial charge in [-0.25, -0.2) is 4.39 Å². The number of carbonyl (C=O) groups excluding carboxylic acids is 1. The van der Waals surface area contributed by atoms with Crippen LogP contribution in [-0.4, -0.2) is 79.5 Å². The highest BCUT2D eigenvalue weighted by Crippen LogP contribution is 2.21. The summed E-state index contributed by atoms with van der Waals surface area (Å²) in [5.74, 6) is -0.0693. The predicted molar refractivity (Wildman–Crippen MR) is 92.6 cm³/mol. The second kappa shape index (κ2) is 8.25. The van der Waals surface area contributed by atoms with E-state index in [0.29, 0.717) is 36.8 Å². The number of halogens is 2. The lowest BCUT2D eigenvalue weighted by molar-refractivity contribution is -0.134. The van der Waals surface area contributed by atoms with Crippen LogP contribution in [0.1, 0.15) is 5.56 Å². The molecule has 132 valence electrons. The highest BCUT2D eigenvalue weighted by molar-refractivity contribution is 6.31. The molecule has 0 atom stereocenters. The smallest absolute Gasteiger partial charge is 0.236 e. The molecular formula is C17H24ClFN4O. The van der Waals surface area contributed by atoms with Crippen LogP contribution in [0.4, 0.5) is 4.39 Å². The number of nitrogens with zero attached hydrogens (tertiary/aromatic N) is 3. The Kier molecular flexibility index (Phi) is 6.05. The molecule has 0 aliphatic carbocycles. The van der Waals surface area contributed by atoms with Gasteiger partial charge in [0, 0.05) is 69.5 Å². The Balaban J connectivity index is 1.47. The van der Waals surface area contributed by atoms with Crippen LogP contribution in [0.25, 0.3) is 0 Å². The van der Waals surface area contributed by atoms with E-state index in [1.807, 2.05) is 4.90 Å². The molecule has 2 aliphatic heterocycles. The van der Waals surface area contributed by atoms with Crippen molar-refractivity contribution in [3.63, 3.8) is 0 Å². The van der Waals surface area contributed by atoms with Crippen LogP contribution >= 0.6 is 11.6 Å². The molecule has 1 N–H and O–H groups in total. The van der Waals surface area contributed by atoms with Gasteiger partial charge in [-0.05, 0) is 12.1 Å². The maximum Gasteiger partial charge on any atom is 0.236 e. The van der Waals surface area contributed by atoms with E-state index in [1.54, 1.807) is 12.1 Å². The van der Waals surface area contributed by atoms with Gasteiger partial charge in [0.2, 0.25) is 5.91 Å². The highest BCUT2D eigenvalue weighted by atomic mass is 35.5. The van der Waals surface area contributed by atoms with Crippen molar-refractivity contribution < 1.29 is 9.18 Å². The summed E-state index contributed by atoms with van der Waals surface area (Å²) in [4.78, 5) is 18.7. The quantitative estimate of drug-likeness (QED) is 0.876.